The summed E-state index contributed by atoms with van der Waals surface area (Å²) in [5.74, 6) is 0.525. The molecule has 0 radical (unpaired) electrons. The van der Waals surface area contributed by atoms with E-state index in [9.17, 15) is 9.59 Å². The molecule has 1 heterocycles. The number of carbonyl (C=O) groups excluding carboxylic acids is 1. The zero-order valence-electron chi connectivity index (χ0n) is 14.7. The summed E-state index contributed by atoms with van der Waals surface area (Å²) in [5.41, 5.74) is 3.16. The lowest BCUT2D eigenvalue weighted by Crippen LogP contribution is -2.21. The van der Waals surface area contributed by atoms with Crippen molar-refractivity contribution in [2.45, 2.75) is 20.0 Å². The highest BCUT2D eigenvalue weighted by atomic mass is 32.1. The molecule has 1 N–H and O–H groups in total. The van der Waals surface area contributed by atoms with E-state index in [4.69, 9.17) is 4.74 Å². The molecular weight excluding hydrogens is 348 g/mol. The van der Waals surface area contributed by atoms with Gasteiger partial charge < -0.3 is 14.6 Å². The molecule has 0 atom stereocenters. The van der Waals surface area contributed by atoms with E-state index in [0.717, 1.165) is 28.2 Å². The molecule has 1 amide bonds. The number of thiazole rings is 1. The number of amides is 1. The molecule has 0 bridgehead atoms. The smallest absolute Gasteiger partial charge is 0.308 e. The largest absolute Gasteiger partial charge is 0.497 e. The lowest BCUT2D eigenvalue weighted by molar-refractivity contribution is 0.0954. The van der Waals surface area contributed by atoms with Crippen LogP contribution in [0.1, 0.15) is 26.4 Å². The average molecular weight is 368 g/mol. The maximum atomic E-state index is 12.3. The predicted molar refractivity (Wildman–Crippen MR) is 103 cm³/mol. The Morgan fingerprint density at radius 3 is 2.38 bits per heavy atom. The monoisotopic (exact) mass is 368 g/mol. The van der Waals surface area contributed by atoms with E-state index in [1.54, 1.807) is 17.9 Å². The third kappa shape index (κ3) is 4.40. The van der Waals surface area contributed by atoms with Crippen LogP contribution < -0.4 is 14.9 Å². The summed E-state index contributed by atoms with van der Waals surface area (Å²) in [6.07, 6.45) is 1.62. The standard InChI is InChI=1S/C20H20N2O3S/c1-14-3-5-16(6-4-14)12-22-13-18(26-20(22)24)19(23)21-11-15-7-9-17(25-2)10-8-15/h3-10,13H,11-12H2,1-2H3,(H,21,23). The van der Waals surface area contributed by atoms with Crippen molar-refractivity contribution in [3.8, 4) is 5.75 Å². The van der Waals surface area contributed by atoms with Crippen molar-refractivity contribution in [3.63, 3.8) is 0 Å². The van der Waals surface area contributed by atoms with Crippen molar-refractivity contribution in [2.24, 2.45) is 0 Å². The lowest BCUT2D eigenvalue weighted by atomic mass is 10.1. The van der Waals surface area contributed by atoms with E-state index in [-0.39, 0.29) is 10.8 Å². The molecule has 3 rings (SSSR count). The fourth-order valence-corrected chi connectivity index (χ4v) is 3.26. The quantitative estimate of drug-likeness (QED) is 0.727. The number of nitrogens with one attached hydrogen (secondary N) is 1. The van der Waals surface area contributed by atoms with Crippen LogP contribution in [0.4, 0.5) is 0 Å². The summed E-state index contributed by atoms with van der Waals surface area (Å²) in [4.78, 5) is 24.7. The molecule has 0 aliphatic heterocycles. The van der Waals surface area contributed by atoms with Gasteiger partial charge in [-0.05, 0) is 30.2 Å². The fourth-order valence-electron chi connectivity index (χ4n) is 2.49. The fraction of sp³-hybridized carbons (Fsp3) is 0.200. The first-order chi connectivity index (χ1) is 12.5. The molecule has 0 aliphatic rings. The number of carbonyl (C=O) groups is 1. The van der Waals surface area contributed by atoms with Gasteiger partial charge in [0.05, 0.1) is 13.7 Å². The van der Waals surface area contributed by atoms with E-state index in [1.807, 2.05) is 55.5 Å². The van der Waals surface area contributed by atoms with Gasteiger partial charge in [0.2, 0.25) is 0 Å². The zero-order valence-corrected chi connectivity index (χ0v) is 15.5. The van der Waals surface area contributed by atoms with Crippen molar-refractivity contribution in [2.75, 3.05) is 7.11 Å². The number of methoxy groups -OCH3 is 1. The van der Waals surface area contributed by atoms with Gasteiger partial charge in [-0.1, -0.05) is 53.3 Å². The Kier molecular flexibility index (Phi) is 5.53. The topological polar surface area (TPSA) is 60.3 Å². The van der Waals surface area contributed by atoms with Crippen LogP contribution in [-0.4, -0.2) is 17.6 Å². The van der Waals surface area contributed by atoms with Crippen molar-refractivity contribution in [1.82, 2.24) is 9.88 Å². The maximum Gasteiger partial charge on any atom is 0.308 e. The number of nitrogens with zero attached hydrogens (tertiary/aromatic N) is 1. The van der Waals surface area contributed by atoms with E-state index in [1.165, 1.54) is 5.56 Å². The Labute approximate surface area is 155 Å². The molecule has 0 fully saturated rings. The van der Waals surface area contributed by atoms with Crippen LogP contribution in [0.3, 0.4) is 0 Å². The molecule has 0 saturated heterocycles. The minimum atomic E-state index is -0.245. The molecule has 3 aromatic rings. The van der Waals surface area contributed by atoms with E-state index >= 15 is 0 Å². The third-order valence-corrected chi connectivity index (χ3v) is 4.93. The first kappa shape index (κ1) is 17.9. The second-order valence-electron chi connectivity index (χ2n) is 6.01. The lowest BCUT2D eigenvalue weighted by Gasteiger charge is -2.05. The van der Waals surface area contributed by atoms with E-state index < -0.39 is 0 Å². The Hall–Kier alpha value is -2.86. The Morgan fingerprint density at radius 2 is 1.73 bits per heavy atom. The molecule has 0 aliphatic carbocycles. The molecule has 5 nitrogen and oxygen atoms in total. The second kappa shape index (κ2) is 8.01. The number of aromatic nitrogens is 1. The van der Waals surface area contributed by atoms with E-state index in [2.05, 4.69) is 5.32 Å². The second-order valence-corrected chi connectivity index (χ2v) is 7.00. The van der Waals surface area contributed by atoms with Gasteiger partial charge in [0, 0.05) is 12.7 Å². The summed E-state index contributed by atoms with van der Waals surface area (Å²) >= 11 is 0.961. The van der Waals surface area contributed by atoms with Crippen molar-refractivity contribution in [1.29, 1.82) is 0 Å². The Morgan fingerprint density at radius 1 is 1.08 bits per heavy atom. The molecule has 0 spiro atoms. The van der Waals surface area contributed by atoms with Gasteiger partial charge in [-0.3, -0.25) is 9.59 Å². The highest BCUT2D eigenvalue weighted by Crippen LogP contribution is 2.12. The van der Waals surface area contributed by atoms with E-state index in [0.29, 0.717) is 18.0 Å². The summed E-state index contributed by atoms with van der Waals surface area (Å²) in [5, 5.41) is 2.84. The number of aryl methyl sites for hydroxylation is 1. The van der Waals surface area contributed by atoms with Crippen LogP contribution in [0.25, 0.3) is 0 Å². The van der Waals surface area contributed by atoms with Crippen LogP contribution in [0.2, 0.25) is 0 Å². The minimum Gasteiger partial charge on any atom is -0.497 e. The SMILES string of the molecule is COc1ccc(CNC(=O)c2cn(Cc3ccc(C)cc3)c(=O)s2)cc1. The number of rotatable bonds is 6. The summed E-state index contributed by atoms with van der Waals surface area (Å²) in [7, 11) is 1.61. The Bertz CT molecular complexity index is 940. The van der Waals surface area contributed by atoms with Gasteiger partial charge >= 0.3 is 4.87 Å². The summed E-state index contributed by atoms with van der Waals surface area (Å²) in [6.45, 7) is 2.88. The molecular formula is C20H20N2O3S. The van der Waals surface area contributed by atoms with Crippen molar-refractivity contribution < 1.29 is 9.53 Å². The first-order valence-corrected chi connectivity index (χ1v) is 9.04. The predicted octanol–water partition coefficient (Wildman–Crippen LogP) is 3.21. The zero-order chi connectivity index (χ0) is 18.5. The third-order valence-electron chi connectivity index (χ3n) is 4.01. The number of ether oxygens (including phenoxy) is 1. The maximum absolute atomic E-state index is 12.3. The molecule has 1 aromatic heterocycles. The highest BCUT2D eigenvalue weighted by Gasteiger charge is 2.12. The van der Waals surface area contributed by atoms with Crippen LogP contribution in [-0.2, 0) is 13.1 Å². The van der Waals surface area contributed by atoms with Gasteiger partial charge in [0.25, 0.3) is 5.91 Å². The number of hydrogen-bond donors (Lipinski definition) is 1. The molecule has 6 heteroatoms. The molecule has 2 aromatic carbocycles. The van der Waals surface area contributed by atoms with Crippen molar-refractivity contribution >= 4 is 17.2 Å². The summed E-state index contributed by atoms with van der Waals surface area (Å²) in [6, 6.07) is 15.5. The van der Waals surface area contributed by atoms with Crippen LogP contribution in [0.15, 0.2) is 59.5 Å². The number of benzene rings is 2. The van der Waals surface area contributed by atoms with Gasteiger partial charge in [0.1, 0.15) is 10.6 Å². The minimum absolute atomic E-state index is 0.139. The Balaban J connectivity index is 1.64. The average Bonchev–Trinajstić information content (AvgIpc) is 3.02. The highest BCUT2D eigenvalue weighted by molar-refractivity contribution is 7.11. The normalized spacial score (nSPS) is 10.5. The molecule has 0 saturated carbocycles. The van der Waals surface area contributed by atoms with Crippen molar-refractivity contribution in [3.05, 3.63) is 86.0 Å². The van der Waals surface area contributed by atoms with Gasteiger partial charge in [-0.25, -0.2) is 0 Å². The van der Waals surface area contributed by atoms with Crippen LogP contribution >= 0.6 is 11.3 Å². The van der Waals surface area contributed by atoms with Gasteiger partial charge in [-0.15, -0.1) is 0 Å². The number of hydrogen-bond acceptors (Lipinski definition) is 4. The van der Waals surface area contributed by atoms with Gasteiger partial charge in [-0.2, -0.15) is 0 Å². The summed E-state index contributed by atoms with van der Waals surface area (Å²) < 4.78 is 6.68. The molecule has 134 valence electrons. The van der Waals surface area contributed by atoms with Gasteiger partial charge in [0.15, 0.2) is 0 Å². The molecule has 0 unspecified atom stereocenters. The molecule has 26 heavy (non-hydrogen) atoms. The van der Waals surface area contributed by atoms with Crippen LogP contribution in [0, 0.1) is 6.92 Å². The van der Waals surface area contributed by atoms with Crippen LogP contribution in [0.5, 0.6) is 5.75 Å². The first-order valence-electron chi connectivity index (χ1n) is 8.22.